The molecule has 0 saturated carbocycles. The molecule has 0 spiro atoms. The van der Waals surface area contributed by atoms with Crippen molar-refractivity contribution in [3.05, 3.63) is 58.9 Å². The van der Waals surface area contributed by atoms with E-state index in [1.807, 2.05) is 0 Å². The average Bonchev–Trinajstić information content (AvgIpc) is 3.21. The summed E-state index contributed by atoms with van der Waals surface area (Å²) in [6, 6.07) is 9.99. The highest BCUT2D eigenvalue weighted by Crippen LogP contribution is 2.22. The van der Waals surface area contributed by atoms with Crippen molar-refractivity contribution in [1.82, 2.24) is 0 Å². The van der Waals surface area contributed by atoms with E-state index in [0.29, 0.717) is 12.4 Å². The highest BCUT2D eigenvalue weighted by atomic mass is 35.5. The first-order valence-corrected chi connectivity index (χ1v) is 9.15. The number of anilines is 1. The van der Waals surface area contributed by atoms with Crippen molar-refractivity contribution in [3.8, 4) is 5.75 Å². The van der Waals surface area contributed by atoms with Gasteiger partial charge in [0.2, 0.25) is 0 Å². The highest BCUT2D eigenvalue weighted by Gasteiger charge is 2.16. The van der Waals surface area contributed by atoms with Gasteiger partial charge in [-0.05, 0) is 55.3 Å². The predicted octanol–water partition coefficient (Wildman–Crippen LogP) is 3.83. The molecule has 1 heterocycles. The summed E-state index contributed by atoms with van der Waals surface area (Å²) >= 11 is 5.83. The molecule has 0 aromatic heterocycles. The Morgan fingerprint density at radius 1 is 1.21 bits per heavy atom. The average molecular weight is 408 g/mol. The van der Waals surface area contributed by atoms with E-state index < -0.39 is 24.3 Å². The summed E-state index contributed by atoms with van der Waals surface area (Å²) in [5.41, 5.74) is 0.522. The SMILES string of the molecule is O=C(COC(=O)c1ccc(OC[C@H]2CCCO2)cc1)Nc1ccc(F)cc1Cl. The van der Waals surface area contributed by atoms with Crippen LogP contribution in [0.15, 0.2) is 42.5 Å². The van der Waals surface area contributed by atoms with Gasteiger partial charge in [0, 0.05) is 6.61 Å². The monoisotopic (exact) mass is 407 g/mol. The summed E-state index contributed by atoms with van der Waals surface area (Å²) in [7, 11) is 0. The molecule has 1 fully saturated rings. The van der Waals surface area contributed by atoms with Gasteiger partial charge in [-0.25, -0.2) is 9.18 Å². The van der Waals surface area contributed by atoms with Gasteiger partial charge in [0.1, 0.15) is 18.2 Å². The van der Waals surface area contributed by atoms with Gasteiger partial charge in [-0.2, -0.15) is 0 Å². The molecule has 1 aliphatic rings. The number of amides is 1. The van der Waals surface area contributed by atoms with Crippen LogP contribution in [0.25, 0.3) is 0 Å². The molecular formula is C20H19ClFNO5. The molecule has 148 valence electrons. The van der Waals surface area contributed by atoms with Crippen LogP contribution in [0.5, 0.6) is 5.75 Å². The van der Waals surface area contributed by atoms with E-state index >= 15 is 0 Å². The molecule has 1 atom stereocenters. The Bertz CT molecular complexity index is 837. The number of benzene rings is 2. The maximum Gasteiger partial charge on any atom is 0.338 e. The van der Waals surface area contributed by atoms with E-state index in [1.165, 1.54) is 6.07 Å². The van der Waals surface area contributed by atoms with Gasteiger partial charge in [0.15, 0.2) is 6.61 Å². The standard InChI is InChI=1S/C20H19ClFNO5/c21-17-10-14(22)5-8-18(17)23-19(24)12-28-20(25)13-3-6-15(7-4-13)27-11-16-2-1-9-26-16/h3-8,10,16H,1-2,9,11-12H2,(H,23,24)/t16-/m1/s1. The van der Waals surface area contributed by atoms with Crippen molar-refractivity contribution in [3.63, 3.8) is 0 Å². The van der Waals surface area contributed by atoms with E-state index in [2.05, 4.69) is 5.32 Å². The third kappa shape index (κ3) is 5.68. The lowest BCUT2D eigenvalue weighted by atomic mass is 10.2. The van der Waals surface area contributed by atoms with Gasteiger partial charge in [0.05, 0.1) is 22.4 Å². The number of rotatable bonds is 7. The zero-order chi connectivity index (χ0) is 19.9. The van der Waals surface area contributed by atoms with Gasteiger partial charge in [-0.1, -0.05) is 11.6 Å². The molecule has 1 saturated heterocycles. The van der Waals surface area contributed by atoms with E-state index in [4.69, 9.17) is 25.8 Å². The number of esters is 1. The van der Waals surface area contributed by atoms with Crippen molar-refractivity contribution in [1.29, 1.82) is 0 Å². The van der Waals surface area contributed by atoms with Crippen LogP contribution < -0.4 is 10.1 Å². The fourth-order valence-electron chi connectivity index (χ4n) is 2.64. The largest absolute Gasteiger partial charge is 0.491 e. The minimum absolute atomic E-state index is 0.0540. The van der Waals surface area contributed by atoms with Gasteiger partial charge >= 0.3 is 5.97 Å². The molecule has 0 bridgehead atoms. The highest BCUT2D eigenvalue weighted by molar-refractivity contribution is 6.33. The smallest absolute Gasteiger partial charge is 0.338 e. The molecule has 3 rings (SSSR count). The second kappa shape index (κ2) is 9.52. The number of ether oxygens (including phenoxy) is 3. The van der Waals surface area contributed by atoms with E-state index in [9.17, 15) is 14.0 Å². The minimum Gasteiger partial charge on any atom is -0.491 e. The number of carbonyl (C=O) groups is 2. The molecule has 2 aromatic rings. The first-order valence-electron chi connectivity index (χ1n) is 8.78. The molecule has 0 aliphatic carbocycles. The minimum atomic E-state index is -0.647. The Kier molecular flexibility index (Phi) is 6.84. The normalized spacial score (nSPS) is 15.9. The van der Waals surface area contributed by atoms with Crippen molar-refractivity contribution in [2.45, 2.75) is 18.9 Å². The van der Waals surface area contributed by atoms with Crippen molar-refractivity contribution < 1.29 is 28.2 Å². The maximum atomic E-state index is 13.0. The number of nitrogens with one attached hydrogen (secondary N) is 1. The van der Waals surface area contributed by atoms with Crippen LogP contribution in [-0.4, -0.2) is 37.8 Å². The van der Waals surface area contributed by atoms with Gasteiger partial charge in [-0.3, -0.25) is 4.79 Å². The molecule has 2 aromatic carbocycles. The fraction of sp³-hybridized carbons (Fsp3) is 0.300. The summed E-state index contributed by atoms with van der Waals surface area (Å²) in [5, 5.41) is 2.50. The molecule has 6 nitrogen and oxygen atoms in total. The quantitative estimate of drug-likeness (QED) is 0.706. The lowest BCUT2D eigenvalue weighted by molar-refractivity contribution is -0.119. The Morgan fingerprint density at radius 3 is 2.68 bits per heavy atom. The topological polar surface area (TPSA) is 73.9 Å². The van der Waals surface area contributed by atoms with E-state index in [0.717, 1.165) is 31.6 Å². The van der Waals surface area contributed by atoms with Crippen LogP contribution in [-0.2, 0) is 14.3 Å². The second-order valence-corrected chi connectivity index (χ2v) is 6.63. The van der Waals surface area contributed by atoms with Gasteiger partial charge in [0.25, 0.3) is 5.91 Å². The first-order chi connectivity index (χ1) is 13.5. The predicted molar refractivity (Wildman–Crippen MR) is 101 cm³/mol. The third-order valence-electron chi connectivity index (χ3n) is 4.09. The van der Waals surface area contributed by atoms with Crippen molar-refractivity contribution in [2.24, 2.45) is 0 Å². The van der Waals surface area contributed by atoms with Crippen LogP contribution in [0.1, 0.15) is 23.2 Å². The van der Waals surface area contributed by atoms with Crippen molar-refractivity contribution >= 4 is 29.2 Å². The van der Waals surface area contributed by atoms with Crippen LogP contribution in [0.4, 0.5) is 10.1 Å². The lowest BCUT2D eigenvalue weighted by Gasteiger charge is -2.11. The number of carbonyl (C=O) groups excluding carboxylic acids is 2. The molecule has 1 amide bonds. The number of hydrogen-bond acceptors (Lipinski definition) is 5. The van der Waals surface area contributed by atoms with E-state index in [-0.39, 0.29) is 22.4 Å². The first kappa shape index (κ1) is 20.1. The Hall–Kier alpha value is -2.64. The van der Waals surface area contributed by atoms with Crippen LogP contribution in [0.3, 0.4) is 0 Å². The van der Waals surface area contributed by atoms with Crippen LogP contribution in [0.2, 0.25) is 5.02 Å². The maximum absolute atomic E-state index is 13.0. The fourth-order valence-corrected chi connectivity index (χ4v) is 2.86. The zero-order valence-electron chi connectivity index (χ0n) is 15.0. The Labute approximate surface area is 166 Å². The van der Waals surface area contributed by atoms with Crippen LogP contribution >= 0.6 is 11.6 Å². The summed E-state index contributed by atoms with van der Waals surface area (Å²) in [5.74, 6) is -1.13. The number of halogens is 2. The zero-order valence-corrected chi connectivity index (χ0v) is 15.7. The second-order valence-electron chi connectivity index (χ2n) is 6.22. The summed E-state index contributed by atoms with van der Waals surface area (Å²) in [4.78, 5) is 23.9. The lowest BCUT2D eigenvalue weighted by Crippen LogP contribution is -2.21. The molecule has 0 radical (unpaired) electrons. The molecule has 8 heteroatoms. The molecular weight excluding hydrogens is 389 g/mol. The molecule has 28 heavy (non-hydrogen) atoms. The van der Waals surface area contributed by atoms with Gasteiger partial charge < -0.3 is 19.5 Å². The summed E-state index contributed by atoms with van der Waals surface area (Å²) in [6.45, 7) is 0.736. The van der Waals surface area contributed by atoms with Crippen LogP contribution in [0, 0.1) is 5.82 Å². The Balaban J connectivity index is 1.45. The number of hydrogen-bond donors (Lipinski definition) is 1. The van der Waals surface area contributed by atoms with E-state index in [1.54, 1.807) is 24.3 Å². The Morgan fingerprint density at radius 2 is 2.00 bits per heavy atom. The summed E-state index contributed by atoms with van der Waals surface area (Å²) < 4.78 is 29.1. The third-order valence-corrected chi connectivity index (χ3v) is 4.40. The molecule has 0 unspecified atom stereocenters. The van der Waals surface area contributed by atoms with Crippen molar-refractivity contribution in [2.75, 3.05) is 25.1 Å². The summed E-state index contributed by atoms with van der Waals surface area (Å²) in [6.07, 6.45) is 2.13. The van der Waals surface area contributed by atoms with Gasteiger partial charge in [-0.15, -0.1) is 0 Å². The molecule has 1 aliphatic heterocycles. The molecule has 1 N–H and O–H groups in total.